The van der Waals surface area contributed by atoms with Gasteiger partial charge in [0.05, 0.1) is 17.4 Å². The third-order valence-electron chi connectivity index (χ3n) is 8.73. The monoisotopic (exact) mass is 516 g/mol. The highest BCUT2D eigenvalue weighted by Gasteiger charge is 2.46. The molecule has 0 saturated carbocycles. The number of benzene rings is 3. The summed E-state index contributed by atoms with van der Waals surface area (Å²) >= 11 is 0. The molecule has 39 heavy (non-hydrogen) atoms. The number of piperidine rings is 1. The van der Waals surface area contributed by atoms with Crippen LogP contribution in [0, 0.1) is 5.92 Å². The number of fused-ring (bicyclic) bond motifs is 2. The molecular formula is C33H32N4O2. The van der Waals surface area contributed by atoms with Gasteiger partial charge in [-0.05, 0) is 54.0 Å². The molecule has 0 spiro atoms. The van der Waals surface area contributed by atoms with E-state index in [2.05, 4.69) is 69.7 Å². The second kappa shape index (κ2) is 9.45. The maximum Gasteiger partial charge on any atom is 0.235 e. The number of carbonyl (C=O) groups excluding carboxylic acids is 2. The number of nitrogens with one attached hydrogen (secondary N) is 1. The van der Waals surface area contributed by atoms with Crippen LogP contribution in [-0.4, -0.2) is 34.1 Å². The third kappa shape index (κ3) is 4.02. The first-order valence-corrected chi connectivity index (χ1v) is 13.9. The normalized spacial score (nSPS) is 20.3. The number of aromatic nitrogens is 2. The van der Waals surface area contributed by atoms with Crippen molar-refractivity contribution in [1.82, 2.24) is 14.6 Å². The van der Waals surface area contributed by atoms with Gasteiger partial charge in [-0.15, -0.1) is 0 Å². The molecule has 2 fully saturated rings. The SMILES string of the molecule is Cn1cc(C2C(=O)NC(=O)C2c2cn(N3CCC(Cc4ccccc4)CC3)c3ccccc23)c2ccccc21. The van der Waals surface area contributed by atoms with Gasteiger partial charge < -0.3 is 9.58 Å². The fourth-order valence-corrected chi connectivity index (χ4v) is 6.80. The summed E-state index contributed by atoms with van der Waals surface area (Å²) in [4.78, 5) is 26.7. The molecule has 3 aromatic carbocycles. The molecule has 6 nitrogen and oxygen atoms in total. The molecule has 6 heteroatoms. The van der Waals surface area contributed by atoms with Gasteiger partial charge >= 0.3 is 0 Å². The average molecular weight is 517 g/mol. The van der Waals surface area contributed by atoms with Crippen molar-refractivity contribution in [2.75, 3.05) is 18.1 Å². The lowest BCUT2D eigenvalue weighted by atomic mass is 9.83. The smallest absolute Gasteiger partial charge is 0.235 e. The van der Waals surface area contributed by atoms with E-state index in [0.717, 1.165) is 65.3 Å². The average Bonchev–Trinajstić information content (AvgIpc) is 3.60. The van der Waals surface area contributed by atoms with Crippen molar-refractivity contribution >= 4 is 33.6 Å². The number of aryl methyl sites for hydroxylation is 1. The van der Waals surface area contributed by atoms with E-state index >= 15 is 0 Å². The molecule has 2 unspecified atom stereocenters. The van der Waals surface area contributed by atoms with Gasteiger partial charge in [0.15, 0.2) is 0 Å². The summed E-state index contributed by atoms with van der Waals surface area (Å²) < 4.78 is 4.28. The summed E-state index contributed by atoms with van der Waals surface area (Å²) in [5.74, 6) is -0.925. The van der Waals surface area contributed by atoms with Crippen molar-refractivity contribution in [3.63, 3.8) is 0 Å². The Hall–Kier alpha value is -4.32. The van der Waals surface area contributed by atoms with Gasteiger partial charge in [0.1, 0.15) is 0 Å². The van der Waals surface area contributed by atoms with Crippen LogP contribution >= 0.6 is 0 Å². The zero-order valence-electron chi connectivity index (χ0n) is 22.1. The first kappa shape index (κ1) is 23.8. The fraction of sp³-hybridized carbons (Fsp3) is 0.273. The zero-order chi connectivity index (χ0) is 26.5. The Morgan fingerprint density at radius 3 is 1.97 bits per heavy atom. The predicted octanol–water partition coefficient (Wildman–Crippen LogP) is 5.25. The molecule has 4 heterocycles. The highest BCUT2D eigenvalue weighted by molar-refractivity contribution is 6.13. The van der Waals surface area contributed by atoms with E-state index in [4.69, 9.17) is 0 Å². The molecule has 2 aliphatic rings. The van der Waals surface area contributed by atoms with E-state index in [9.17, 15) is 9.59 Å². The van der Waals surface area contributed by atoms with E-state index < -0.39 is 11.8 Å². The van der Waals surface area contributed by atoms with Crippen molar-refractivity contribution in [2.24, 2.45) is 13.0 Å². The number of para-hydroxylation sites is 2. The summed E-state index contributed by atoms with van der Waals surface area (Å²) in [5.41, 5.74) is 5.36. The number of hydrogen-bond acceptors (Lipinski definition) is 3. The molecular weight excluding hydrogens is 484 g/mol. The van der Waals surface area contributed by atoms with Crippen molar-refractivity contribution in [1.29, 1.82) is 0 Å². The molecule has 2 aliphatic heterocycles. The molecule has 1 N–H and O–H groups in total. The maximum absolute atomic E-state index is 13.4. The maximum atomic E-state index is 13.4. The van der Waals surface area contributed by atoms with Crippen LogP contribution in [0.15, 0.2) is 91.3 Å². The van der Waals surface area contributed by atoms with Crippen LogP contribution in [0.25, 0.3) is 21.8 Å². The van der Waals surface area contributed by atoms with Crippen LogP contribution < -0.4 is 10.3 Å². The van der Waals surface area contributed by atoms with Crippen molar-refractivity contribution in [3.05, 3.63) is 108 Å². The minimum atomic E-state index is -0.579. The molecule has 0 bridgehead atoms. The van der Waals surface area contributed by atoms with Gasteiger partial charge in [-0.25, -0.2) is 0 Å². The van der Waals surface area contributed by atoms with Crippen LogP contribution in [0.4, 0.5) is 0 Å². The Balaban J connectivity index is 1.24. The second-order valence-electron chi connectivity index (χ2n) is 11.1. The quantitative estimate of drug-likeness (QED) is 0.325. The van der Waals surface area contributed by atoms with Gasteiger partial charge in [0, 0.05) is 48.8 Å². The molecule has 0 radical (unpaired) electrons. The molecule has 2 atom stereocenters. The minimum Gasteiger partial charge on any atom is -0.350 e. The molecule has 2 aromatic heterocycles. The van der Waals surface area contributed by atoms with E-state index in [-0.39, 0.29) is 11.8 Å². The number of hydrogen-bond donors (Lipinski definition) is 1. The number of amides is 2. The summed E-state index contributed by atoms with van der Waals surface area (Å²) in [7, 11) is 1.99. The molecule has 196 valence electrons. The van der Waals surface area contributed by atoms with Crippen LogP contribution in [-0.2, 0) is 23.1 Å². The molecule has 2 saturated heterocycles. The van der Waals surface area contributed by atoms with Crippen LogP contribution in [0.5, 0.6) is 0 Å². The first-order valence-electron chi connectivity index (χ1n) is 13.9. The summed E-state index contributed by atoms with van der Waals surface area (Å²) in [5, 5.41) is 7.11. The lowest BCUT2D eigenvalue weighted by molar-refractivity contribution is -0.125. The van der Waals surface area contributed by atoms with Crippen LogP contribution in [0.3, 0.4) is 0 Å². The van der Waals surface area contributed by atoms with Crippen LogP contribution in [0.2, 0.25) is 0 Å². The van der Waals surface area contributed by atoms with Crippen molar-refractivity contribution in [2.45, 2.75) is 31.1 Å². The van der Waals surface area contributed by atoms with Gasteiger partial charge in [0.2, 0.25) is 11.8 Å². The van der Waals surface area contributed by atoms with E-state index in [1.807, 2.05) is 48.1 Å². The standard InChI is InChI=1S/C33H32N4O2/c1-35-20-26(24-11-5-7-13-28(24)35)30-31(33(39)34-32(30)38)27-21-37(29-14-8-6-12-25(27)29)36-17-15-23(16-18-36)19-22-9-3-2-4-10-22/h2-14,20-21,23,30-31H,15-19H2,1H3,(H,34,38,39). The summed E-state index contributed by atoms with van der Waals surface area (Å²) in [6.45, 7) is 1.91. The van der Waals surface area contributed by atoms with Crippen molar-refractivity contribution < 1.29 is 9.59 Å². The molecule has 2 amide bonds. The first-order chi connectivity index (χ1) is 19.1. The number of rotatable bonds is 5. The Morgan fingerprint density at radius 2 is 1.28 bits per heavy atom. The number of imide groups is 1. The highest BCUT2D eigenvalue weighted by Crippen LogP contribution is 2.43. The van der Waals surface area contributed by atoms with E-state index in [0.29, 0.717) is 5.92 Å². The Bertz CT molecular complexity index is 1690. The lowest BCUT2D eigenvalue weighted by Gasteiger charge is -2.35. The number of carbonyl (C=O) groups is 2. The summed E-state index contributed by atoms with van der Waals surface area (Å²) in [6, 6.07) is 27.1. The van der Waals surface area contributed by atoms with E-state index in [1.165, 1.54) is 5.56 Å². The molecule has 0 aliphatic carbocycles. The molecule has 5 aromatic rings. The fourth-order valence-electron chi connectivity index (χ4n) is 6.80. The lowest BCUT2D eigenvalue weighted by Crippen LogP contribution is -2.41. The van der Waals surface area contributed by atoms with Crippen LogP contribution in [0.1, 0.15) is 41.4 Å². The summed E-state index contributed by atoms with van der Waals surface area (Å²) in [6.07, 6.45) is 7.49. The van der Waals surface area contributed by atoms with E-state index in [1.54, 1.807) is 0 Å². The van der Waals surface area contributed by atoms with Gasteiger partial charge in [-0.1, -0.05) is 66.7 Å². The van der Waals surface area contributed by atoms with Gasteiger partial charge in [0.25, 0.3) is 0 Å². The number of nitrogens with zero attached hydrogens (tertiary/aromatic N) is 3. The minimum absolute atomic E-state index is 0.220. The zero-order valence-corrected chi connectivity index (χ0v) is 22.1. The molecule has 7 rings (SSSR count). The largest absolute Gasteiger partial charge is 0.350 e. The highest BCUT2D eigenvalue weighted by atomic mass is 16.2. The predicted molar refractivity (Wildman–Crippen MR) is 154 cm³/mol. The Morgan fingerprint density at radius 1 is 0.718 bits per heavy atom. The van der Waals surface area contributed by atoms with Gasteiger partial charge in [-0.2, -0.15) is 0 Å². The van der Waals surface area contributed by atoms with Gasteiger partial charge in [-0.3, -0.25) is 19.6 Å². The third-order valence-corrected chi connectivity index (χ3v) is 8.73. The topological polar surface area (TPSA) is 59.3 Å². The second-order valence-corrected chi connectivity index (χ2v) is 11.1. The Kier molecular flexibility index (Phi) is 5.76. The van der Waals surface area contributed by atoms with Crippen molar-refractivity contribution in [3.8, 4) is 0 Å². The Labute approximate surface area is 227 Å².